The van der Waals surface area contributed by atoms with Crippen molar-refractivity contribution in [3.05, 3.63) is 11.8 Å². The molecule has 6 heteroatoms. The van der Waals surface area contributed by atoms with Crippen LogP contribution in [0, 0.1) is 11.8 Å². The van der Waals surface area contributed by atoms with Gasteiger partial charge in [0.15, 0.2) is 5.76 Å². The number of nitrogens with zero attached hydrogens (tertiary/aromatic N) is 2. The Balaban J connectivity index is 1.32. The molecular weight excluding hydrogens is 380 g/mol. The number of carbonyl (C=O) groups excluding carboxylic acids is 1. The van der Waals surface area contributed by atoms with Crippen molar-refractivity contribution in [2.24, 2.45) is 11.8 Å². The lowest BCUT2D eigenvalue weighted by Crippen LogP contribution is -2.49. The second kappa shape index (κ2) is 11.0. The predicted octanol–water partition coefficient (Wildman–Crippen LogP) is 3.30. The molecule has 2 saturated heterocycles. The number of hydrogen-bond donors (Lipinski definition) is 1. The zero-order chi connectivity index (χ0) is 20.8. The summed E-state index contributed by atoms with van der Waals surface area (Å²) in [5.74, 6) is 1.63. The lowest BCUT2D eigenvalue weighted by atomic mass is 9.73. The second-order valence-corrected chi connectivity index (χ2v) is 9.59. The summed E-state index contributed by atoms with van der Waals surface area (Å²) in [4.78, 5) is 17.9. The van der Waals surface area contributed by atoms with E-state index in [4.69, 9.17) is 14.6 Å². The average Bonchev–Trinajstić information content (AvgIpc) is 2.76. The van der Waals surface area contributed by atoms with Gasteiger partial charge in [0.1, 0.15) is 0 Å². The first-order chi connectivity index (χ1) is 14.7. The van der Waals surface area contributed by atoms with Gasteiger partial charge >= 0.3 is 0 Å². The van der Waals surface area contributed by atoms with E-state index in [0.717, 1.165) is 45.2 Å². The molecule has 0 radical (unpaired) electrons. The van der Waals surface area contributed by atoms with Crippen LogP contribution in [0.1, 0.15) is 70.6 Å². The van der Waals surface area contributed by atoms with E-state index >= 15 is 0 Å². The van der Waals surface area contributed by atoms with Crippen LogP contribution in [0.3, 0.4) is 0 Å². The van der Waals surface area contributed by atoms with Crippen molar-refractivity contribution >= 4 is 5.91 Å². The third-order valence-electron chi connectivity index (χ3n) is 7.57. The van der Waals surface area contributed by atoms with Crippen LogP contribution in [0.4, 0.5) is 0 Å². The summed E-state index contributed by atoms with van der Waals surface area (Å²) in [5, 5.41) is 8.97. The molecule has 6 nitrogen and oxygen atoms in total. The third-order valence-corrected chi connectivity index (χ3v) is 7.57. The standard InChI is InChI=1S/C24H40N2O4/c27-15-4-5-16-29-23-18-20(19-7-6-8-19)17-22(30-23)24(28)26-13-9-21(10-14-26)25-11-2-1-3-12-25/h17,19-21,23,27H,1-16,18H2/t20-,23+/m0/s1. The van der Waals surface area contributed by atoms with Gasteiger partial charge in [-0.3, -0.25) is 4.79 Å². The summed E-state index contributed by atoms with van der Waals surface area (Å²) in [6.45, 7) is 4.88. The maximum Gasteiger partial charge on any atom is 0.288 e. The molecule has 0 aromatic carbocycles. The number of aliphatic hydroxyl groups is 1. The van der Waals surface area contributed by atoms with Gasteiger partial charge in [0, 0.05) is 32.2 Å². The number of piperidine rings is 2. The molecule has 0 aromatic heterocycles. The lowest BCUT2D eigenvalue weighted by molar-refractivity contribution is -0.158. The summed E-state index contributed by atoms with van der Waals surface area (Å²) in [6, 6.07) is 0.640. The van der Waals surface area contributed by atoms with Crippen molar-refractivity contribution in [3.8, 4) is 0 Å². The van der Waals surface area contributed by atoms with Crippen LogP contribution in [0.5, 0.6) is 0 Å². The van der Waals surface area contributed by atoms with E-state index in [-0.39, 0.29) is 18.8 Å². The van der Waals surface area contributed by atoms with Gasteiger partial charge < -0.3 is 24.4 Å². The van der Waals surface area contributed by atoms with Crippen molar-refractivity contribution in [3.63, 3.8) is 0 Å². The Kier molecular flexibility index (Phi) is 8.07. The van der Waals surface area contributed by atoms with Gasteiger partial charge in [0.25, 0.3) is 5.91 Å². The molecule has 1 N–H and O–H groups in total. The fourth-order valence-electron chi connectivity index (χ4n) is 5.44. The Morgan fingerprint density at radius 3 is 2.47 bits per heavy atom. The molecule has 170 valence electrons. The number of likely N-dealkylation sites (tertiary alicyclic amines) is 2. The Bertz CT molecular complexity index is 578. The van der Waals surface area contributed by atoms with Gasteiger partial charge in [-0.15, -0.1) is 0 Å². The van der Waals surface area contributed by atoms with Gasteiger partial charge in [0.2, 0.25) is 6.29 Å². The molecular formula is C24H40N2O4. The molecule has 4 aliphatic rings. The molecule has 3 heterocycles. The van der Waals surface area contributed by atoms with E-state index in [1.165, 1.54) is 51.6 Å². The molecule has 30 heavy (non-hydrogen) atoms. The SMILES string of the molecule is O=C(C1=C[C@H](C2CCC2)C[C@H](OCCCCO)O1)N1CCC(N2CCCCC2)CC1. The molecule has 1 amide bonds. The molecule has 4 rings (SSSR count). The van der Waals surface area contributed by atoms with Crippen molar-refractivity contribution in [2.75, 3.05) is 39.4 Å². The molecule has 1 saturated carbocycles. The van der Waals surface area contributed by atoms with Gasteiger partial charge in [-0.05, 0) is 82.4 Å². The molecule has 2 atom stereocenters. The van der Waals surface area contributed by atoms with Crippen molar-refractivity contribution in [2.45, 2.75) is 83.0 Å². The number of hydrogen-bond acceptors (Lipinski definition) is 5. The van der Waals surface area contributed by atoms with E-state index in [2.05, 4.69) is 11.0 Å². The Hall–Kier alpha value is -1.11. The molecule has 0 aromatic rings. The number of unbranched alkanes of at least 4 members (excludes halogenated alkanes) is 1. The highest BCUT2D eigenvalue weighted by Crippen LogP contribution is 2.40. The molecule has 0 spiro atoms. The van der Waals surface area contributed by atoms with Crippen molar-refractivity contribution < 1.29 is 19.4 Å². The van der Waals surface area contributed by atoms with Gasteiger partial charge in [-0.1, -0.05) is 12.8 Å². The lowest BCUT2D eigenvalue weighted by Gasteiger charge is -2.41. The minimum Gasteiger partial charge on any atom is -0.459 e. The molecule has 3 aliphatic heterocycles. The van der Waals surface area contributed by atoms with Gasteiger partial charge in [-0.25, -0.2) is 0 Å². The van der Waals surface area contributed by atoms with E-state index in [9.17, 15) is 4.79 Å². The summed E-state index contributed by atoms with van der Waals surface area (Å²) in [6.07, 6.45) is 14.1. The summed E-state index contributed by atoms with van der Waals surface area (Å²) in [5.41, 5.74) is 0. The average molecular weight is 421 g/mol. The first kappa shape index (κ1) is 22.1. The van der Waals surface area contributed by atoms with Crippen molar-refractivity contribution in [1.82, 2.24) is 9.80 Å². The van der Waals surface area contributed by atoms with Crippen LogP contribution in [-0.2, 0) is 14.3 Å². The fraction of sp³-hybridized carbons (Fsp3) is 0.875. The maximum absolute atomic E-state index is 13.3. The Morgan fingerprint density at radius 1 is 1.03 bits per heavy atom. The van der Waals surface area contributed by atoms with Crippen molar-refractivity contribution in [1.29, 1.82) is 0 Å². The maximum atomic E-state index is 13.3. The highest BCUT2D eigenvalue weighted by Gasteiger charge is 2.37. The number of allylic oxidation sites excluding steroid dienone is 1. The summed E-state index contributed by atoms with van der Waals surface area (Å²) < 4.78 is 12.0. The number of ether oxygens (including phenoxy) is 2. The number of carbonyl (C=O) groups is 1. The summed E-state index contributed by atoms with van der Waals surface area (Å²) >= 11 is 0. The van der Waals surface area contributed by atoms with E-state index < -0.39 is 0 Å². The Morgan fingerprint density at radius 2 is 1.80 bits per heavy atom. The first-order valence-electron chi connectivity index (χ1n) is 12.4. The largest absolute Gasteiger partial charge is 0.459 e. The highest BCUT2D eigenvalue weighted by molar-refractivity contribution is 5.91. The van der Waals surface area contributed by atoms with E-state index in [1.54, 1.807) is 0 Å². The topological polar surface area (TPSA) is 62.2 Å². The number of aliphatic hydroxyl groups excluding tert-OH is 1. The highest BCUT2D eigenvalue weighted by atomic mass is 16.7. The van der Waals surface area contributed by atoms with Crippen LogP contribution in [0.15, 0.2) is 11.8 Å². The molecule has 1 aliphatic carbocycles. The smallest absolute Gasteiger partial charge is 0.288 e. The van der Waals surface area contributed by atoms with Gasteiger partial charge in [-0.2, -0.15) is 0 Å². The zero-order valence-corrected chi connectivity index (χ0v) is 18.5. The molecule has 0 bridgehead atoms. The molecule has 3 fully saturated rings. The van der Waals surface area contributed by atoms with E-state index in [1.807, 2.05) is 4.90 Å². The second-order valence-electron chi connectivity index (χ2n) is 9.59. The first-order valence-corrected chi connectivity index (χ1v) is 12.4. The fourth-order valence-corrected chi connectivity index (χ4v) is 5.44. The van der Waals surface area contributed by atoms with Crippen LogP contribution < -0.4 is 0 Å². The zero-order valence-electron chi connectivity index (χ0n) is 18.5. The Labute approximate surface area is 181 Å². The minimum atomic E-state index is -0.330. The van der Waals surface area contributed by atoms with Crippen LogP contribution in [-0.4, -0.2) is 72.5 Å². The molecule has 0 unspecified atom stereocenters. The quantitative estimate of drug-likeness (QED) is 0.611. The third kappa shape index (κ3) is 5.57. The number of rotatable bonds is 8. The van der Waals surface area contributed by atoms with Crippen LogP contribution in [0.25, 0.3) is 0 Å². The minimum absolute atomic E-state index is 0.0556. The van der Waals surface area contributed by atoms with Gasteiger partial charge in [0.05, 0.1) is 6.61 Å². The summed E-state index contributed by atoms with van der Waals surface area (Å²) in [7, 11) is 0. The monoisotopic (exact) mass is 420 g/mol. The number of amides is 1. The van der Waals surface area contributed by atoms with E-state index in [0.29, 0.717) is 30.2 Å². The van der Waals surface area contributed by atoms with Crippen LogP contribution >= 0.6 is 0 Å². The normalized spacial score (nSPS) is 29.2. The predicted molar refractivity (Wildman–Crippen MR) is 116 cm³/mol. The van der Waals surface area contributed by atoms with Crippen LogP contribution in [0.2, 0.25) is 0 Å².